The highest BCUT2D eigenvalue weighted by molar-refractivity contribution is 5.99. The predicted octanol–water partition coefficient (Wildman–Crippen LogP) is -0.528. The number of anilines is 1. The average Bonchev–Trinajstić information content (AvgIpc) is 3.13. The van der Waals surface area contributed by atoms with Crippen LogP contribution in [0.4, 0.5) is 5.82 Å². The quantitative estimate of drug-likeness (QED) is 0.484. The Morgan fingerprint density at radius 2 is 2.00 bits per heavy atom. The lowest BCUT2D eigenvalue weighted by Gasteiger charge is -2.27. The van der Waals surface area contributed by atoms with Gasteiger partial charge in [0.15, 0.2) is 12.1 Å². The molecule has 10 nitrogen and oxygen atoms in total. The van der Waals surface area contributed by atoms with Crippen LogP contribution < -0.4 is 5.73 Å². The number of ether oxygens (including phenoxy) is 1. The number of aliphatic hydroxyl groups excluding tert-OH is 2. The zero-order valence-corrected chi connectivity index (χ0v) is 13.9. The van der Waals surface area contributed by atoms with E-state index in [1.165, 1.54) is 13.3 Å². The predicted molar refractivity (Wildman–Crippen MR) is 90.6 cm³/mol. The molecule has 0 bridgehead atoms. The fourth-order valence-corrected chi connectivity index (χ4v) is 3.29. The Kier molecular flexibility index (Phi) is 3.84. The number of nitrogens with zero attached hydrogens (tertiary/aromatic N) is 5. The van der Waals surface area contributed by atoms with Gasteiger partial charge in [0.2, 0.25) is 0 Å². The molecule has 4 heterocycles. The van der Waals surface area contributed by atoms with E-state index in [0.29, 0.717) is 22.4 Å². The standard InChI is InChI=1S/C16H18N6O4/c1-16(25)11(24)9(6-23)26-15(16)22-5-8(13-18-3-2-4-19-13)10-12(17)20-7-21-14(10)22/h2-5,7,9,11,15,23-25H,6H2,1H3,(H2,17,20,21)/t9?,11-,15?,16-/m1/s1. The highest BCUT2D eigenvalue weighted by atomic mass is 16.6. The maximum atomic E-state index is 10.8. The molecule has 0 amide bonds. The Morgan fingerprint density at radius 1 is 1.27 bits per heavy atom. The summed E-state index contributed by atoms with van der Waals surface area (Å²) in [4.78, 5) is 16.7. The molecule has 3 aromatic heterocycles. The summed E-state index contributed by atoms with van der Waals surface area (Å²) in [6.45, 7) is 1.01. The summed E-state index contributed by atoms with van der Waals surface area (Å²) in [6, 6.07) is 1.69. The van der Waals surface area contributed by atoms with E-state index >= 15 is 0 Å². The van der Waals surface area contributed by atoms with Crippen molar-refractivity contribution in [2.45, 2.75) is 31.0 Å². The van der Waals surface area contributed by atoms with Crippen LogP contribution in [0.2, 0.25) is 0 Å². The van der Waals surface area contributed by atoms with E-state index in [1.807, 2.05) is 0 Å². The van der Waals surface area contributed by atoms with Gasteiger partial charge in [-0.2, -0.15) is 0 Å². The van der Waals surface area contributed by atoms with E-state index in [2.05, 4.69) is 19.9 Å². The van der Waals surface area contributed by atoms with Gasteiger partial charge in [-0.15, -0.1) is 0 Å². The van der Waals surface area contributed by atoms with Crippen LogP contribution in [-0.4, -0.2) is 64.2 Å². The van der Waals surface area contributed by atoms with Crippen LogP contribution in [0, 0.1) is 0 Å². The van der Waals surface area contributed by atoms with E-state index in [9.17, 15) is 15.3 Å². The van der Waals surface area contributed by atoms with Gasteiger partial charge in [-0.05, 0) is 13.0 Å². The van der Waals surface area contributed by atoms with Crippen LogP contribution in [0.5, 0.6) is 0 Å². The molecule has 0 radical (unpaired) electrons. The maximum Gasteiger partial charge on any atom is 0.167 e. The molecule has 0 spiro atoms. The second-order valence-electron chi connectivity index (χ2n) is 6.36. The van der Waals surface area contributed by atoms with Crippen molar-refractivity contribution in [3.63, 3.8) is 0 Å². The van der Waals surface area contributed by atoms with Crippen LogP contribution in [0.25, 0.3) is 22.4 Å². The van der Waals surface area contributed by atoms with Crippen molar-refractivity contribution in [2.24, 2.45) is 0 Å². The summed E-state index contributed by atoms with van der Waals surface area (Å²) in [7, 11) is 0. The lowest BCUT2D eigenvalue weighted by atomic mass is 9.96. The number of aromatic nitrogens is 5. The number of nitrogens with two attached hydrogens (primary N) is 1. The van der Waals surface area contributed by atoms with Crippen LogP contribution in [0.1, 0.15) is 13.2 Å². The smallest absolute Gasteiger partial charge is 0.167 e. The first kappa shape index (κ1) is 16.8. The second kappa shape index (κ2) is 5.95. The largest absolute Gasteiger partial charge is 0.394 e. The minimum Gasteiger partial charge on any atom is -0.394 e. The molecule has 1 fully saturated rings. The summed E-state index contributed by atoms with van der Waals surface area (Å²) in [5.41, 5.74) is 5.35. The van der Waals surface area contributed by atoms with Crippen molar-refractivity contribution in [2.75, 3.05) is 12.3 Å². The molecule has 4 rings (SSSR count). The number of hydrogen-bond acceptors (Lipinski definition) is 9. The first-order valence-electron chi connectivity index (χ1n) is 8.00. The Balaban J connectivity index is 1.94. The van der Waals surface area contributed by atoms with Crippen LogP contribution in [-0.2, 0) is 4.74 Å². The van der Waals surface area contributed by atoms with Crippen molar-refractivity contribution < 1.29 is 20.1 Å². The Hall–Kier alpha value is -2.66. The Bertz CT molecular complexity index is 945. The molecule has 1 aliphatic heterocycles. The van der Waals surface area contributed by atoms with Gasteiger partial charge in [0.05, 0.1) is 17.6 Å². The zero-order chi connectivity index (χ0) is 18.5. The number of nitrogen functional groups attached to an aromatic ring is 1. The molecule has 2 unspecified atom stereocenters. The number of aliphatic hydroxyl groups is 3. The van der Waals surface area contributed by atoms with E-state index in [1.54, 1.807) is 29.2 Å². The average molecular weight is 358 g/mol. The minimum atomic E-state index is -1.66. The molecular weight excluding hydrogens is 340 g/mol. The van der Waals surface area contributed by atoms with Crippen LogP contribution in [0.3, 0.4) is 0 Å². The van der Waals surface area contributed by atoms with Crippen molar-refractivity contribution >= 4 is 16.9 Å². The lowest BCUT2D eigenvalue weighted by molar-refractivity contribution is -0.0948. The third-order valence-corrected chi connectivity index (χ3v) is 4.63. The molecule has 4 atom stereocenters. The van der Waals surface area contributed by atoms with Crippen LogP contribution in [0.15, 0.2) is 31.0 Å². The van der Waals surface area contributed by atoms with Gasteiger partial charge in [0.25, 0.3) is 0 Å². The molecular formula is C16H18N6O4. The molecule has 136 valence electrons. The van der Waals surface area contributed by atoms with Crippen molar-refractivity contribution in [3.05, 3.63) is 31.0 Å². The molecule has 3 aromatic rings. The summed E-state index contributed by atoms with van der Waals surface area (Å²) >= 11 is 0. The van der Waals surface area contributed by atoms with Crippen molar-refractivity contribution in [1.29, 1.82) is 0 Å². The maximum absolute atomic E-state index is 10.8. The van der Waals surface area contributed by atoms with Crippen molar-refractivity contribution in [3.8, 4) is 11.4 Å². The number of fused-ring (bicyclic) bond motifs is 1. The van der Waals surface area contributed by atoms with Gasteiger partial charge in [-0.25, -0.2) is 19.9 Å². The van der Waals surface area contributed by atoms with Crippen molar-refractivity contribution in [1.82, 2.24) is 24.5 Å². The van der Waals surface area contributed by atoms with Gasteiger partial charge >= 0.3 is 0 Å². The summed E-state index contributed by atoms with van der Waals surface area (Å²) in [5, 5.41) is 31.0. The fraction of sp³-hybridized carbons (Fsp3) is 0.375. The Labute approximate surface area is 147 Å². The molecule has 1 saturated heterocycles. The van der Waals surface area contributed by atoms with E-state index in [4.69, 9.17) is 10.5 Å². The monoisotopic (exact) mass is 358 g/mol. The summed E-state index contributed by atoms with van der Waals surface area (Å²) in [6.07, 6.45) is 2.94. The first-order chi connectivity index (χ1) is 12.4. The highest BCUT2D eigenvalue weighted by Gasteiger charge is 2.53. The van der Waals surface area contributed by atoms with Gasteiger partial charge in [-0.1, -0.05) is 0 Å². The van der Waals surface area contributed by atoms with E-state index in [0.717, 1.165) is 0 Å². The molecule has 0 saturated carbocycles. The van der Waals surface area contributed by atoms with Gasteiger partial charge in [0, 0.05) is 18.6 Å². The lowest BCUT2D eigenvalue weighted by Crippen LogP contribution is -2.44. The van der Waals surface area contributed by atoms with Gasteiger partial charge in [0.1, 0.15) is 35.6 Å². The summed E-state index contributed by atoms with van der Waals surface area (Å²) in [5.74, 6) is 0.641. The third kappa shape index (κ3) is 2.35. The number of rotatable bonds is 3. The molecule has 10 heteroatoms. The highest BCUT2D eigenvalue weighted by Crippen LogP contribution is 2.42. The van der Waals surface area contributed by atoms with E-state index in [-0.39, 0.29) is 5.82 Å². The third-order valence-electron chi connectivity index (χ3n) is 4.63. The molecule has 0 aliphatic carbocycles. The first-order valence-corrected chi connectivity index (χ1v) is 8.00. The van der Waals surface area contributed by atoms with E-state index < -0.39 is 30.6 Å². The Morgan fingerprint density at radius 3 is 2.65 bits per heavy atom. The van der Waals surface area contributed by atoms with Crippen LogP contribution >= 0.6 is 0 Å². The normalized spacial score (nSPS) is 28.7. The molecule has 1 aliphatic rings. The van der Waals surface area contributed by atoms with Gasteiger partial charge in [-0.3, -0.25) is 0 Å². The number of hydrogen-bond donors (Lipinski definition) is 4. The molecule has 0 aromatic carbocycles. The topological polar surface area (TPSA) is 152 Å². The molecule has 26 heavy (non-hydrogen) atoms. The fourth-order valence-electron chi connectivity index (χ4n) is 3.29. The minimum absolute atomic E-state index is 0.230. The van der Waals surface area contributed by atoms with Gasteiger partial charge < -0.3 is 30.4 Å². The molecule has 5 N–H and O–H groups in total. The second-order valence-corrected chi connectivity index (χ2v) is 6.36. The zero-order valence-electron chi connectivity index (χ0n) is 13.9. The SMILES string of the molecule is C[C@]1(O)C(n2cc(-c3ncccn3)c3c(N)ncnc32)OC(CO)[C@H]1O. The summed E-state index contributed by atoms with van der Waals surface area (Å²) < 4.78 is 7.25.